The van der Waals surface area contributed by atoms with E-state index in [1.54, 1.807) is 13.3 Å². The molecule has 1 aromatic carbocycles. The van der Waals surface area contributed by atoms with E-state index in [9.17, 15) is 0 Å². The molecule has 17 heavy (non-hydrogen) atoms. The summed E-state index contributed by atoms with van der Waals surface area (Å²) in [6.45, 7) is 1.25. The Morgan fingerprint density at radius 2 is 2.29 bits per heavy atom. The lowest BCUT2D eigenvalue weighted by atomic mass is 10.1. The van der Waals surface area contributed by atoms with Gasteiger partial charge < -0.3 is 10.5 Å². The Morgan fingerprint density at radius 3 is 3.00 bits per heavy atom. The van der Waals surface area contributed by atoms with Crippen molar-refractivity contribution >= 4 is 15.9 Å². The van der Waals surface area contributed by atoms with Gasteiger partial charge in [-0.1, -0.05) is 12.1 Å². The summed E-state index contributed by atoms with van der Waals surface area (Å²) < 4.78 is 8.07. The third-order valence-electron chi connectivity index (χ3n) is 2.48. The number of benzene rings is 1. The number of hydrogen-bond acceptors (Lipinski definition) is 3. The Balaban J connectivity index is 2.47. The summed E-state index contributed by atoms with van der Waals surface area (Å²) >= 11 is 3.51. The van der Waals surface area contributed by atoms with Crippen LogP contribution in [0.15, 0.2) is 34.9 Å². The van der Waals surface area contributed by atoms with E-state index in [2.05, 4.69) is 21.0 Å². The fraction of sp³-hybridized carbons (Fsp3) is 0.250. The van der Waals surface area contributed by atoms with Gasteiger partial charge in [-0.25, -0.2) is 0 Å². The van der Waals surface area contributed by atoms with Gasteiger partial charge in [0, 0.05) is 12.1 Å². The van der Waals surface area contributed by atoms with Crippen molar-refractivity contribution in [2.45, 2.75) is 6.54 Å². The smallest absolute Gasteiger partial charge is 0.119 e. The van der Waals surface area contributed by atoms with Gasteiger partial charge in [0.05, 0.1) is 30.0 Å². The number of ether oxygens (including phenoxy) is 1. The van der Waals surface area contributed by atoms with E-state index >= 15 is 0 Å². The topological polar surface area (TPSA) is 53.1 Å². The van der Waals surface area contributed by atoms with E-state index in [-0.39, 0.29) is 0 Å². The molecule has 0 radical (unpaired) electrons. The van der Waals surface area contributed by atoms with Crippen molar-refractivity contribution in [1.29, 1.82) is 0 Å². The van der Waals surface area contributed by atoms with Crippen LogP contribution in [0.1, 0.15) is 0 Å². The molecule has 0 aliphatic rings. The van der Waals surface area contributed by atoms with Crippen LogP contribution in [-0.4, -0.2) is 23.4 Å². The highest BCUT2D eigenvalue weighted by atomic mass is 79.9. The van der Waals surface area contributed by atoms with Crippen LogP contribution >= 0.6 is 15.9 Å². The quantitative estimate of drug-likeness (QED) is 0.941. The molecule has 5 heteroatoms. The average molecular weight is 296 g/mol. The lowest BCUT2D eigenvalue weighted by molar-refractivity contribution is 0.415. The monoisotopic (exact) mass is 295 g/mol. The first kappa shape index (κ1) is 12.1. The van der Waals surface area contributed by atoms with Gasteiger partial charge >= 0.3 is 0 Å². The largest absolute Gasteiger partial charge is 0.497 e. The number of hydrogen-bond donors (Lipinski definition) is 1. The Labute approximate surface area is 109 Å². The van der Waals surface area contributed by atoms with E-state index in [4.69, 9.17) is 10.5 Å². The van der Waals surface area contributed by atoms with E-state index in [1.165, 1.54) is 0 Å². The Morgan fingerprint density at radius 1 is 1.47 bits per heavy atom. The molecule has 0 saturated carbocycles. The summed E-state index contributed by atoms with van der Waals surface area (Å²) in [5.41, 5.74) is 7.65. The fourth-order valence-corrected chi connectivity index (χ4v) is 2.24. The molecule has 2 N–H and O–H groups in total. The molecule has 1 aromatic heterocycles. The predicted molar refractivity (Wildman–Crippen MR) is 71.0 cm³/mol. The predicted octanol–water partition coefficient (Wildman–Crippen LogP) is 2.28. The Hall–Kier alpha value is -1.33. The molecule has 0 aliphatic carbocycles. The molecule has 0 spiro atoms. The van der Waals surface area contributed by atoms with E-state index in [0.29, 0.717) is 13.1 Å². The third-order valence-corrected chi connectivity index (χ3v) is 3.06. The summed E-state index contributed by atoms with van der Waals surface area (Å²) in [5.74, 6) is 0.829. The average Bonchev–Trinajstić information content (AvgIpc) is 2.71. The van der Waals surface area contributed by atoms with E-state index in [0.717, 1.165) is 21.5 Å². The zero-order valence-electron chi connectivity index (χ0n) is 9.56. The zero-order chi connectivity index (χ0) is 12.3. The lowest BCUT2D eigenvalue weighted by Crippen LogP contribution is -2.12. The van der Waals surface area contributed by atoms with Gasteiger partial charge in [0.1, 0.15) is 5.75 Å². The number of rotatable bonds is 4. The molecular weight excluding hydrogens is 282 g/mol. The lowest BCUT2D eigenvalue weighted by Gasteiger charge is -2.08. The van der Waals surface area contributed by atoms with E-state index < -0.39 is 0 Å². The van der Waals surface area contributed by atoms with Crippen LogP contribution < -0.4 is 10.5 Å². The highest BCUT2D eigenvalue weighted by Crippen LogP contribution is 2.30. The molecule has 0 aliphatic heterocycles. The summed E-state index contributed by atoms with van der Waals surface area (Å²) in [4.78, 5) is 0. The molecule has 0 unspecified atom stereocenters. The number of nitrogens with zero attached hydrogens (tertiary/aromatic N) is 2. The molecule has 2 aromatic rings. The SMILES string of the molecule is COc1cccc(-c2c(Br)cnn2CCN)c1. The minimum atomic E-state index is 0.561. The molecule has 1 heterocycles. The van der Waals surface area contributed by atoms with Crippen molar-refractivity contribution in [3.63, 3.8) is 0 Å². The van der Waals surface area contributed by atoms with Crippen LogP contribution in [0.3, 0.4) is 0 Å². The molecule has 0 atom stereocenters. The van der Waals surface area contributed by atoms with Gasteiger partial charge in [-0.3, -0.25) is 4.68 Å². The molecule has 0 fully saturated rings. The summed E-state index contributed by atoms with van der Waals surface area (Å²) in [6, 6.07) is 7.88. The molecule has 90 valence electrons. The standard InChI is InChI=1S/C12H14BrN3O/c1-17-10-4-2-3-9(7-10)12-11(13)8-15-16(12)6-5-14/h2-4,7-8H,5-6,14H2,1H3. The van der Waals surface area contributed by atoms with Crippen LogP contribution in [0.5, 0.6) is 5.75 Å². The number of aromatic nitrogens is 2. The number of methoxy groups -OCH3 is 1. The minimum Gasteiger partial charge on any atom is -0.497 e. The highest BCUT2D eigenvalue weighted by Gasteiger charge is 2.11. The van der Waals surface area contributed by atoms with Crippen molar-refractivity contribution in [3.8, 4) is 17.0 Å². The molecule has 4 nitrogen and oxygen atoms in total. The van der Waals surface area contributed by atoms with Crippen LogP contribution in [-0.2, 0) is 6.54 Å². The van der Waals surface area contributed by atoms with E-state index in [1.807, 2.05) is 28.9 Å². The van der Waals surface area contributed by atoms with Crippen molar-refractivity contribution in [2.75, 3.05) is 13.7 Å². The maximum atomic E-state index is 5.57. The number of halogens is 1. The second-order valence-corrected chi connectivity index (χ2v) is 4.44. The Bertz CT molecular complexity index is 510. The molecule has 0 bridgehead atoms. The molecular formula is C12H14BrN3O. The van der Waals surface area contributed by atoms with Gasteiger partial charge in [-0.15, -0.1) is 0 Å². The first-order valence-corrected chi connectivity index (χ1v) is 6.11. The molecule has 2 rings (SSSR count). The van der Waals surface area contributed by atoms with Crippen LogP contribution in [0.4, 0.5) is 0 Å². The minimum absolute atomic E-state index is 0.561. The van der Waals surface area contributed by atoms with Gasteiger partial charge in [0.2, 0.25) is 0 Å². The third kappa shape index (κ3) is 2.50. The summed E-state index contributed by atoms with van der Waals surface area (Å²) in [5, 5.41) is 4.29. The Kier molecular flexibility index (Phi) is 3.81. The maximum absolute atomic E-state index is 5.57. The first-order valence-electron chi connectivity index (χ1n) is 5.32. The second kappa shape index (κ2) is 5.33. The van der Waals surface area contributed by atoms with Crippen molar-refractivity contribution < 1.29 is 4.74 Å². The van der Waals surface area contributed by atoms with Crippen LogP contribution in [0, 0.1) is 0 Å². The van der Waals surface area contributed by atoms with Gasteiger partial charge in [0.25, 0.3) is 0 Å². The van der Waals surface area contributed by atoms with Crippen molar-refractivity contribution in [2.24, 2.45) is 5.73 Å². The molecule has 0 amide bonds. The number of nitrogens with two attached hydrogens (primary N) is 1. The summed E-state index contributed by atoms with van der Waals surface area (Å²) in [6.07, 6.45) is 1.78. The van der Waals surface area contributed by atoms with Crippen LogP contribution in [0.25, 0.3) is 11.3 Å². The van der Waals surface area contributed by atoms with Crippen LogP contribution in [0.2, 0.25) is 0 Å². The van der Waals surface area contributed by atoms with Gasteiger partial charge in [0.15, 0.2) is 0 Å². The maximum Gasteiger partial charge on any atom is 0.119 e. The summed E-state index contributed by atoms with van der Waals surface area (Å²) in [7, 11) is 1.66. The zero-order valence-corrected chi connectivity index (χ0v) is 11.1. The second-order valence-electron chi connectivity index (χ2n) is 3.58. The van der Waals surface area contributed by atoms with Gasteiger partial charge in [-0.05, 0) is 28.1 Å². The highest BCUT2D eigenvalue weighted by molar-refractivity contribution is 9.10. The first-order chi connectivity index (χ1) is 8.26. The van der Waals surface area contributed by atoms with Gasteiger partial charge in [-0.2, -0.15) is 5.10 Å². The van der Waals surface area contributed by atoms with Crippen molar-refractivity contribution in [3.05, 3.63) is 34.9 Å². The molecule has 0 saturated heterocycles. The van der Waals surface area contributed by atoms with Crippen molar-refractivity contribution in [1.82, 2.24) is 9.78 Å². The fourth-order valence-electron chi connectivity index (χ4n) is 1.71. The normalized spacial score (nSPS) is 10.5.